The van der Waals surface area contributed by atoms with E-state index in [-0.39, 0.29) is 35.8 Å². The second kappa shape index (κ2) is 11.7. The number of halogens is 1. The van der Waals surface area contributed by atoms with E-state index < -0.39 is 10.0 Å². The molecular weight excluding hydrogens is 439 g/mol. The zero-order valence-electron chi connectivity index (χ0n) is 13.4. The molecule has 0 aromatic heterocycles. The summed E-state index contributed by atoms with van der Waals surface area (Å²) in [7, 11) is 0.119. The number of nitrogens with one attached hydrogen (secondary N) is 2. The summed E-state index contributed by atoms with van der Waals surface area (Å²) < 4.78 is 31.0. The number of aliphatic imine (C=N–C) groups is 1. The molecule has 0 bridgehead atoms. The SMILES string of the molecule is CN=C(NCCS(=O)(=O)N1CCSCC1)NC(C)COC.I. The van der Waals surface area contributed by atoms with Crippen molar-refractivity contribution in [2.75, 3.05) is 57.7 Å². The highest BCUT2D eigenvalue weighted by molar-refractivity contribution is 14.0. The topological polar surface area (TPSA) is 83.0 Å². The number of sulfonamides is 1. The molecule has 1 rings (SSSR count). The standard InChI is InChI=1S/C12H26N4O3S2.HI/c1-11(10-19-3)15-12(13-2)14-4-9-21(17,18)16-5-7-20-8-6-16;/h11H,4-10H2,1-3H3,(H2,13,14,15);1H. The van der Waals surface area contributed by atoms with Crippen molar-refractivity contribution in [3.05, 3.63) is 0 Å². The third-order valence-corrected chi connectivity index (χ3v) is 5.85. The lowest BCUT2D eigenvalue weighted by Crippen LogP contribution is -2.46. The van der Waals surface area contributed by atoms with Crippen LogP contribution in [0.3, 0.4) is 0 Å². The number of rotatable bonds is 7. The van der Waals surface area contributed by atoms with Crippen molar-refractivity contribution in [3.8, 4) is 0 Å². The molecule has 2 N–H and O–H groups in total. The van der Waals surface area contributed by atoms with Crippen LogP contribution in [0.15, 0.2) is 4.99 Å². The van der Waals surface area contributed by atoms with Crippen molar-refractivity contribution in [2.24, 2.45) is 4.99 Å². The lowest BCUT2D eigenvalue weighted by Gasteiger charge is -2.25. The monoisotopic (exact) mass is 466 g/mol. The van der Waals surface area contributed by atoms with E-state index in [1.807, 2.05) is 6.92 Å². The second-order valence-corrected chi connectivity index (χ2v) is 8.14. The number of methoxy groups -OCH3 is 1. The number of nitrogens with zero attached hydrogens (tertiary/aromatic N) is 2. The molecule has 0 spiro atoms. The summed E-state index contributed by atoms with van der Waals surface area (Å²) in [5.41, 5.74) is 0. The van der Waals surface area contributed by atoms with Gasteiger partial charge in [0, 0.05) is 51.3 Å². The average molecular weight is 466 g/mol. The molecule has 0 aliphatic carbocycles. The Hall–Kier alpha value is 0.220. The minimum Gasteiger partial charge on any atom is -0.383 e. The summed E-state index contributed by atoms with van der Waals surface area (Å²) in [6.07, 6.45) is 0. The van der Waals surface area contributed by atoms with Crippen molar-refractivity contribution in [1.82, 2.24) is 14.9 Å². The third kappa shape index (κ3) is 8.18. The maximum absolute atomic E-state index is 12.2. The van der Waals surface area contributed by atoms with Crippen LogP contribution in [0.2, 0.25) is 0 Å². The zero-order valence-corrected chi connectivity index (χ0v) is 17.3. The minimum absolute atomic E-state index is 0. The molecule has 0 amide bonds. The van der Waals surface area contributed by atoms with Crippen LogP contribution in [-0.4, -0.2) is 82.4 Å². The molecule has 1 fully saturated rings. The Balaban J connectivity index is 0.00000441. The molecule has 1 unspecified atom stereocenters. The Labute approximate surface area is 155 Å². The molecule has 132 valence electrons. The van der Waals surface area contributed by atoms with Crippen molar-refractivity contribution < 1.29 is 13.2 Å². The van der Waals surface area contributed by atoms with Crippen molar-refractivity contribution in [2.45, 2.75) is 13.0 Å². The predicted octanol–water partition coefficient (Wildman–Crippen LogP) is 0.183. The van der Waals surface area contributed by atoms with Crippen molar-refractivity contribution in [3.63, 3.8) is 0 Å². The molecular formula is C12H27IN4O3S2. The van der Waals surface area contributed by atoms with E-state index in [2.05, 4.69) is 15.6 Å². The van der Waals surface area contributed by atoms with Gasteiger partial charge in [-0.25, -0.2) is 12.7 Å². The van der Waals surface area contributed by atoms with Gasteiger partial charge in [-0.2, -0.15) is 11.8 Å². The fourth-order valence-corrected chi connectivity index (χ4v) is 4.46. The molecule has 7 nitrogen and oxygen atoms in total. The molecule has 1 saturated heterocycles. The van der Waals surface area contributed by atoms with Crippen LogP contribution < -0.4 is 10.6 Å². The number of ether oxygens (including phenoxy) is 1. The summed E-state index contributed by atoms with van der Waals surface area (Å²) in [5.74, 6) is 2.43. The van der Waals surface area contributed by atoms with Gasteiger partial charge in [-0.3, -0.25) is 4.99 Å². The quantitative estimate of drug-likeness (QED) is 0.317. The first-order valence-electron chi connectivity index (χ1n) is 7.01. The van der Waals surface area contributed by atoms with Gasteiger partial charge in [-0.1, -0.05) is 0 Å². The number of guanidine groups is 1. The number of hydrogen-bond donors (Lipinski definition) is 2. The van der Waals surface area contributed by atoms with Crippen molar-refractivity contribution >= 4 is 51.7 Å². The third-order valence-electron chi connectivity index (χ3n) is 3.04. The number of thioether (sulfide) groups is 1. The van der Waals surface area contributed by atoms with E-state index in [1.165, 1.54) is 0 Å². The summed E-state index contributed by atoms with van der Waals surface area (Å²) in [6, 6.07) is 0.108. The molecule has 1 atom stereocenters. The maximum atomic E-state index is 12.2. The molecule has 0 aromatic carbocycles. The van der Waals surface area contributed by atoms with Gasteiger partial charge in [-0.15, -0.1) is 24.0 Å². The fourth-order valence-electron chi connectivity index (χ4n) is 1.97. The highest BCUT2D eigenvalue weighted by Crippen LogP contribution is 2.12. The molecule has 0 radical (unpaired) electrons. The molecule has 0 saturated carbocycles. The van der Waals surface area contributed by atoms with Gasteiger partial charge in [0.1, 0.15) is 0 Å². The van der Waals surface area contributed by atoms with Crippen LogP contribution in [0, 0.1) is 0 Å². The maximum Gasteiger partial charge on any atom is 0.215 e. The van der Waals surface area contributed by atoms with Crippen LogP contribution in [0.1, 0.15) is 6.92 Å². The van der Waals surface area contributed by atoms with Gasteiger partial charge in [-0.05, 0) is 6.92 Å². The summed E-state index contributed by atoms with van der Waals surface area (Å²) in [4.78, 5) is 4.07. The summed E-state index contributed by atoms with van der Waals surface area (Å²) in [6.45, 7) is 4.10. The average Bonchev–Trinajstić information content (AvgIpc) is 2.47. The van der Waals surface area contributed by atoms with Gasteiger partial charge in [0.05, 0.1) is 12.4 Å². The second-order valence-electron chi connectivity index (χ2n) is 4.83. The Bertz CT molecular complexity index is 428. The van der Waals surface area contributed by atoms with Crippen LogP contribution >= 0.6 is 35.7 Å². The van der Waals surface area contributed by atoms with Gasteiger partial charge < -0.3 is 15.4 Å². The highest BCUT2D eigenvalue weighted by Gasteiger charge is 2.23. The predicted molar refractivity (Wildman–Crippen MR) is 104 cm³/mol. The molecule has 1 aliphatic rings. The van der Waals surface area contributed by atoms with E-state index in [4.69, 9.17) is 4.74 Å². The Morgan fingerprint density at radius 2 is 2.05 bits per heavy atom. The molecule has 0 aromatic rings. The van der Waals surface area contributed by atoms with Crippen LogP contribution in [-0.2, 0) is 14.8 Å². The van der Waals surface area contributed by atoms with E-state index >= 15 is 0 Å². The van der Waals surface area contributed by atoms with Gasteiger partial charge >= 0.3 is 0 Å². The smallest absolute Gasteiger partial charge is 0.215 e. The van der Waals surface area contributed by atoms with Crippen LogP contribution in [0.25, 0.3) is 0 Å². The van der Waals surface area contributed by atoms with E-state index in [0.29, 0.717) is 32.2 Å². The van der Waals surface area contributed by atoms with E-state index in [9.17, 15) is 8.42 Å². The summed E-state index contributed by atoms with van der Waals surface area (Å²) >= 11 is 1.80. The largest absolute Gasteiger partial charge is 0.383 e. The minimum atomic E-state index is -3.18. The Kier molecular flexibility index (Phi) is 11.8. The Morgan fingerprint density at radius 3 is 2.59 bits per heavy atom. The van der Waals surface area contributed by atoms with Crippen molar-refractivity contribution in [1.29, 1.82) is 0 Å². The summed E-state index contributed by atoms with van der Waals surface area (Å²) in [5, 5.41) is 6.16. The van der Waals surface area contributed by atoms with Crippen LogP contribution in [0.4, 0.5) is 0 Å². The van der Waals surface area contributed by atoms with E-state index in [0.717, 1.165) is 11.5 Å². The molecule has 10 heteroatoms. The lowest BCUT2D eigenvalue weighted by atomic mass is 10.4. The molecule has 1 heterocycles. The molecule has 1 aliphatic heterocycles. The zero-order chi connectivity index (χ0) is 15.7. The fraction of sp³-hybridized carbons (Fsp3) is 0.917. The van der Waals surface area contributed by atoms with Gasteiger partial charge in [0.15, 0.2) is 5.96 Å². The normalized spacial score (nSPS) is 18.4. The first-order chi connectivity index (χ1) is 9.99. The lowest BCUT2D eigenvalue weighted by molar-refractivity contribution is 0.179. The highest BCUT2D eigenvalue weighted by atomic mass is 127. The number of hydrogen-bond acceptors (Lipinski definition) is 5. The Morgan fingerprint density at radius 1 is 1.41 bits per heavy atom. The first-order valence-corrected chi connectivity index (χ1v) is 9.77. The van der Waals surface area contributed by atoms with E-state index in [1.54, 1.807) is 30.2 Å². The van der Waals surface area contributed by atoms with Gasteiger partial charge in [0.25, 0.3) is 0 Å². The molecule has 22 heavy (non-hydrogen) atoms. The van der Waals surface area contributed by atoms with Crippen LogP contribution in [0.5, 0.6) is 0 Å². The first kappa shape index (κ1) is 22.2. The van der Waals surface area contributed by atoms with Gasteiger partial charge in [0.2, 0.25) is 10.0 Å².